The summed E-state index contributed by atoms with van der Waals surface area (Å²) in [5, 5.41) is 0. The number of halogens is 3. The molecular weight excluding hydrogens is 194 g/mol. The summed E-state index contributed by atoms with van der Waals surface area (Å²) >= 11 is 12.0. The minimum atomic E-state index is -1.65. The summed E-state index contributed by atoms with van der Waals surface area (Å²) in [6.45, 7) is -1.65. The quantitative estimate of drug-likeness (QED) is 0.419. The zero-order valence-electron chi connectivity index (χ0n) is 5.20. The van der Waals surface area contributed by atoms with E-state index < -0.39 is 6.69 Å². The molecule has 0 aromatic carbocycles. The molecule has 1 heterocycles. The van der Waals surface area contributed by atoms with Crippen LogP contribution in [0.3, 0.4) is 0 Å². The molecule has 1 saturated heterocycles. The van der Waals surface area contributed by atoms with Gasteiger partial charge < -0.3 is 0 Å². The van der Waals surface area contributed by atoms with E-state index in [2.05, 4.69) is 0 Å². The van der Waals surface area contributed by atoms with Crippen molar-refractivity contribution in [2.75, 3.05) is 0 Å². The van der Waals surface area contributed by atoms with Crippen molar-refractivity contribution in [3.63, 3.8) is 0 Å². The molecule has 0 bridgehead atoms. The number of hydrogen-bond donors (Lipinski definition) is 0. The maximum absolute atomic E-state index is 5.98. The van der Waals surface area contributed by atoms with Gasteiger partial charge in [0.05, 0.1) is 0 Å². The monoisotopic (exact) mass is 204 g/mol. The molecule has 0 aromatic rings. The third kappa shape index (κ3) is 3.71. The van der Waals surface area contributed by atoms with Crippen LogP contribution in [0.4, 0.5) is 0 Å². The zero-order chi connectivity index (χ0) is 6.04. The molecule has 0 spiro atoms. The lowest BCUT2D eigenvalue weighted by Crippen LogP contribution is -2.21. The highest BCUT2D eigenvalue weighted by Gasteiger charge is 2.29. The van der Waals surface area contributed by atoms with E-state index in [1.807, 2.05) is 0 Å². The second kappa shape index (κ2) is 4.07. The molecule has 0 amide bonds. The second-order valence-corrected chi connectivity index (χ2v) is 10.0. The summed E-state index contributed by atoms with van der Waals surface area (Å²) in [5.74, 6) is 0. The first-order chi connectivity index (χ1) is 3.71. The van der Waals surface area contributed by atoms with Gasteiger partial charge in [-0.2, -0.15) is 0 Å². The van der Waals surface area contributed by atoms with Crippen LogP contribution in [0.25, 0.3) is 0 Å². The molecule has 56 valence electrons. The van der Waals surface area contributed by atoms with E-state index in [-0.39, 0.29) is 12.4 Å². The van der Waals surface area contributed by atoms with Crippen LogP contribution in [0.2, 0.25) is 12.1 Å². The van der Waals surface area contributed by atoms with Gasteiger partial charge >= 0.3 is 0 Å². The average Bonchev–Trinajstić information content (AvgIpc) is 1.65. The molecule has 0 radical (unpaired) electrons. The molecule has 1 fully saturated rings. The Bertz CT molecular complexity index is 76.3. The summed E-state index contributed by atoms with van der Waals surface area (Å²) in [7, 11) is 0. The Balaban J connectivity index is 0.000000640. The predicted molar refractivity (Wildman–Crippen MR) is 48.2 cm³/mol. The van der Waals surface area contributed by atoms with Crippen molar-refractivity contribution in [1.29, 1.82) is 0 Å². The largest absolute Gasteiger partial charge is 0.251 e. The molecule has 0 nitrogen and oxygen atoms in total. The van der Waals surface area contributed by atoms with Crippen molar-refractivity contribution < 1.29 is 0 Å². The molecule has 0 N–H and O–H groups in total. The summed E-state index contributed by atoms with van der Waals surface area (Å²) in [6, 6.07) is 2.24. The van der Waals surface area contributed by atoms with Gasteiger partial charge in [-0.15, -0.1) is 34.6 Å². The highest BCUT2D eigenvalue weighted by atomic mass is 35.7. The fourth-order valence-electron chi connectivity index (χ4n) is 1.07. The first-order valence-corrected chi connectivity index (χ1v) is 7.52. The van der Waals surface area contributed by atoms with Crippen LogP contribution in [-0.2, 0) is 0 Å². The Morgan fingerprint density at radius 1 is 0.889 bits per heavy atom. The Hall–Kier alpha value is 1.09. The SMILES string of the molecule is Cl.Cl[Si]1(Cl)CCCCC1. The molecule has 1 aliphatic heterocycles. The van der Waals surface area contributed by atoms with Crippen LogP contribution in [0.5, 0.6) is 0 Å². The van der Waals surface area contributed by atoms with E-state index in [1.54, 1.807) is 0 Å². The minimum absolute atomic E-state index is 0. The smallest absolute Gasteiger partial charge is 0.147 e. The topological polar surface area (TPSA) is 0 Å². The van der Waals surface area contributed by atoms with Gasteiger partial charge in [0.25, 0.3) is 6.69 Å². The highest BCUT2D eigenvalue weighted by molar-refractivity contribution is 7.45. The summed E-state index contributed by atoms with van der Waals surface area (Å²) < 4.78 is 0. The van der Waals surface area contributed by atoms with Gasteiger partial charge in [-0.05, 0) is 12.1 Å². The molecule has 0 saturated carbocycles. The van der Waals surface area contributed by atoms with E-state index in [0.717, 1.165) is 12.1 Å². The number of rotatable bonds is 0. The predicted octanol–water partition coefficient (Wildman–Crippen LogP) is 3.51. The van der Waals surface area contributed by atoms with E-state index in [9.17, 15) is 0 Å². The van der Waals surface area contributed by atoms with Gasteiger partial charge in [0, 0.05) is 0 Å². The second-order valence-electron chi connectivity index (χ2n) is 2.42. The Kier molecular flexibility index (Phi) is 4.56. The van der Waals surface area contributed by atoms with Crippen molar-refractivity contribution in [3.05, 3.63) is 0 Å². The van der Waals surface area contributed by atoms with Gasteiger partial charge in [0.1, 0.15) is 0 Å². The van der Waals surface area contributed by atoms with Crippen molar-refractivity contribution in [2.45, 2.75) is 31.4 Å². The summed E-state index contributed by atoms with van der Waals surface area (Å²) in [5.41, 5.74) is 0. The fourth-order valence-corrected chi connectivity index (χ4v) is 4.46. The standard InChI is InChI=1S/C5H10Cl2Si.ClH/c6-8(7)4-2-1-3-5-8;/h1-5H2;1H. The molecule has 0 unspecified atom stereocenters. The molecule has 0 atom stereocenters. The molecule has 1 aliphatic rings. The molecule has 9 heavy (non-hydrogen) atoms. The Morgan fingerprint density at radius 3 is 1.56 bits per heavy atom. The maximum Gasteiger partial charge on any atom is 0.251 e. The summed E-state index contributed by atoms with van der Waals surface area (Å²) in [6.07, 6.45) is 3.87. The van der Waals surface area contributed by atoms with Gasteiger partial charge in [-0.3, -0.25) is 0 Å². The van der Waals surface area contributed by atoms with E-state index in [1.165, 1.54) is 19.3 Å². The van der Waals surface area contributed by atoms with Crippen molar-refractivity contribution in [3.8, 4) is 0 Å². The maximum atomic E-state index is 5.98. The first-order valence-electron chi connectivity index (χ1n) is 3.09. The average molecular weight is 206 g/mol. The fraction of sp³-hybridized carbons (Fsp3) is 1.00. The molecule has 0 aliphatic carbocycles. The van der Waals surface area contributed by atoms with Crippen LogP contribution in [0, 0.1) is 0 Å². The van der Waals surface area contributed by atoms with Crippen molar-refractivity contribution in [1.82, 2.24) is 0 Å². The normalized spacial score (nSPS) is 24.7. The van der Waals surface area contributed by atoms with Crippen LogP contribution in [0.1, 0.15) is 19.3 Å². The van der Waals surface area contributed by atoms with Gasteiger partial charge in [-0.1, -0.05) is 19.3 Å². The van der Waals surface area contributed by atoms with Crippen molar-refractivity contribution >= 4 is 41.3 Å². The molecule has 4 heteroatoms. The third-order valence-electron chi connectivity index (χ3n) is 1.59. The Labute approximate surface area is 72.7 Å². The van der Waals surface area contributed by atoms with Crippen LogP contribution < -0.4 is 0 Å². The molecule has 0 aromatic heterocycles. The van der Waals surface area contributed by atoms with Crippen LogP contribution >= 0.6 is 34.6 Å². The van der Waals surface area contributed by atoms with E-state index >= 15 is 0 Å². The highest BCUT2D eigenvalue weighted by Crippen LogP contribution is 2.34. The zero-order valence-corrected chi connectivity index (χ0v) is 8.53. The van der Waals surface area contributed by atoms with Gasteiger partial charge in [-0.25, -0.2) is 0 Å². The minimum Gasteiger partial charge on any atom is -0.147 e. The van der Waals surface area contributed by atoms with E-state index in [0.29, 0.717) is 0 Å². The third-order valence-corrected chi connectivity index (χ3v) is 6.02. The Morgan fingerprint density at radius 2 is 1.33 bits per heavy atom. The van der Waals surface area contributed by atoms with Gasteiger partial charge in [0.15, 0.2) is 0 Å². The number of hydrogen-bond acceptors (Lipinski definition) is 0. The van der Waals surface area contributed by atoms with Crippen LogP contribution in [-0.4, -0.2) is 6.69 Å². The van der Waals surface area contributed by atoms with E-state index in [4.69, 9.17) is 22.2 Å². The molecule has 1 rings (SSSR count). The lowest BCUT2D eigenvalue weighted by atomic mass is 10.3. The summed E-state index contributed by atoms with van der Waals surface area (Å²) in [4.78, 5) is 0. The van der Waals surface area contributed by atoms with Crippen LogP contribution in [0.15, 0.2) is 0 Å². The molecular formula is C5H11Cl3Si. The lowest BCUT2D eigenvalue weighted by Gasteiger charge is -2.20. The van der Waals surface area contributed by atoms with Crippen molar-refractivity contribution in [2.24, 2.45) is 0 Å². The lowest BCUT2D eigenvalue weighted by molar-refractivity contribution is 0.727. The first kappa shape index (κ1) is 10.1. The van der Waals surface area contributed by atoms with Gasteiger partial charge in [0.2, 0.25) is 0 Å².